The smallest absolute Gasteiger partial charge is 0.404 e. The molecule has 0 aromatic carbocycles. The summed E-state index contributed by atoms with van der Waals surface area (Å²) in [6, 6.07) is 0. The van der Waals surface area contributed by atoms with Crippen LogP contribution in [0.1, 0.15) is 72.6 Å². The van der Waals surface area contributed by atoms with Crippen molar-refractivity contribution in [2.24, 2.45) is 17.1 Å². The Morgan fingerprint density at radius 1 is 1.25 bits per heavy atom. The van der Waals surface area contributed by atoms with Crippen molar-refractivity contribution in [3.8, 4) is 0 Å². The third-order valence-electron chi connectivity index (χ3n) is 5.97. The maximum Gasteiger partial charge on any atom is 0.404 e. The number of rotatable bonds is 6. The molecule has 1 radical (unpaired) electrons. The van der Waals surface area contributed by atoms with E-state index in [0.29, 0.717) is 23.8 Å². The minimum Gasteiger partial charge on any atom is -0.449 e. The second-order valence-electron chi connectivity index (χ2n) is 8.92. The van der Waals surface area contributed by atoms with Crippen molar-refractivity contribution in [1.29, 1.82) is 0 Å². The Labute approximate surface area is 153 Å². The van der Waals surface area contributed by atoms with Gasteiger partial charge in [-0.15, -0.1) is 0 Å². The lowest BCUT2D eigenvalue weighted by Crippen LogP contribution is -2.44. The van der Waals surface area contributed by atoms with Gasteiger partial charge in [0.2, 0.25) is 0 Å². The molecule has 2 N–H and O–H groups in total. The van der Waals surface area contributed by atoms with Crippen LogP contribution in [-0.2, 0) is 9.39 Å². The van der Waals surface area contributed by atoms with E-state index in [2.05, 4.69) is 40.3 Å². The molecule has 24 heavy (non-hydrogen) atoms. The van der Waals surface area contributed by atoms with Crippen LogP contribution in [0.3, 0.4) is 0 Å². The molecule has 6 heteroatoms. The summed E-state index contributed by atoms with van der Waals surface area (Å²) in [6.45, 7) is 8.86. The van der Waals surface area contributed by atoms with Crippen LogP contribution in [0, 0.1) is 11.3 Å². The minimum absolute atomic E-state index is 0.0988. The third kappa shape index (κ3) is 5.58. The highest BCUT2D eigenvalue weighted by atomic mass is 32.1. The summed E-state index contributed by atoms with van der Waals surface area (Å²) in [5.41, 5.74) is 5.36. The fourth-order valence-corrected chi connectivity index (χ4v) is 3.26. The van der Waals surface area contributed by atoms with E-state index >= 15 is 0 Å². The van der Waals surface area contributed by atoms with Crippen LogP contribution in [0.15, 0.2) is 0 Å². The van der Waals surface area contributed by atoms with Gasteiger partial charge in [0.25, 0.3) is 7.48 Å². The zero-order valence-electron chi connectivity index (χ0n) is 15.6. The highest BCUT2D eigenvalue weighted by Gasteiger charge is 2.48. The molecule has 0 unspecified atom stereocenters. The molecule has 3 rings (SSSR count). The van der Waals surface area contributed by atoms with E-state index in [0.717, 1.165) is 0 Å². The van der Waals surface area contributed by atoms with Gasteiger partial charge in [0.15, 0.2) is 0 Å². The van der Waals surface area contributed by atoms with Crippen molar-refractivity contribution >= 4 is 26.2 Å². The second kappa shape index (κ2) is 7.49. The first-order valence-electron chi connectivity index (χ1n) is 9.19. The van der Waals surface area contributed by atoms with Gasteiger partial charge in [0, 0.05) is 4.75 Å². The average molecular weight is 354 g/mol. The molecule has 3 aliphatic rings. The standard InChI is InChI=1S/C9H18BOS.C9H15NO2/c1-8(2,9(3,4)12)11-10-7-5-6-7;10-8(11)12-6-7-4-9(5-7)2-1-3-9/h7,12H,5-6H2,1-4H3;7H,1-6H2,(H2,10,11). The first kappa shape index (κ1) is 20.0. The molecule has 0 aromatic heterocycles. The van der Waals surface area contributed by atoms with E-state index in [-0.39, 0.29) is 10.3 Å². The van der Waals surface area contributed by atoms with Gasteiger partial charge in [-0.1, -0.05) is 19.3 Å². The van der Waals surface area contributed by atoms with Gasteiger partial charge in [0.1, 0.15) is 0 Å². The molecule has 4 nitrogen and oxygen atoms in total. The van der Waals surface area contributed by atoms with E-state index in [4.69, 9.17) is 15.1 Å². The number of nitrogens with two attached hydrogens (primary N) is 1. The van der Waals surface area contributed by atoms with E-state index in [1.54, 1.807) is 0 Å². The monoisotopic (exact) mass is 354 g/mol. The van der Waals surface area contributed by atoms with Gasteiger partial charge in [0.05, 0.1) is 12.2 Å². The lowest BCUT2D eigenvalue weighted by molar-refractivity contribution is -0.0478. The molecule has 0 atom stereocenters. The van der Waals surface area contributed by atoms with Crippen LogP contribution in [-0.4, -0.2) is 30.5 Å². The molecule has 0 heterocycles. The molecule has 3 fully saturated rings. The second-order valence-corrected chi connectivity index (χ2v) is 10.0. The van der Waals surface area contributed by atoms with Crippen molar-refractivity contribution in [3.63, 3.8) is 0 Å². The molecule has 1 spiro atoms. The van der Waals surface area contributed by atoms with Gasteiger partial charge in [-0.2, -0.15) is 12.6 Å². The number of primary amides is 1. The first-order valence-corrected chi connectivity index (χ1v) is 9.64. The maximum atomic E-state index is 10.3. The van der Waals surface area contributed by atoms with Crippen LogP contribution in [0.2, 0.25) is 5.82 Å². The van der Waals surface area contributed by atoms with Crippen LogP contribution >= 0.6 is 12.6 Å². The Morgan fingerprint density at radius 2 is 1.83 bits per heavy atom. The SMILES string of the molecule is CC(C)(S)C(C)(C)O[B]C1CC1.NC(=O)OCC1CC2(CCC2)C1. The topological polar surface area (TPSA) is 61.5 Å². The van der Waals surface area contributed by atoms with E-state index in [1.165, 1.54) is 44.9 Å². The van der Waals surface area contributed by atoms with Crippen LogP contribution in [0.4, 0.5) is 4.79 Å². The Morgan fingerprint density at radius 3 is 2.21 bits per heavy atom. The van der Waals surface area contributed by atoms with Gasteiger partial charge in [-0.05, 0) is 70.5 Å². The van der Waals surface area contributed by atoms with Crippen molar-refractivity contribution < 1.29 is 14.2 Å². The van der Waals surface area contributed by atoms with Crippen molar-refractivity contribution in [1.82, 2.24) is 0 Å². The number of hydrogen-bond acceptors (Lipinski definition) is 4. The lowest BCUT2D eigenvalue weighted by Gasteiger charge is -2.54. The normalized spacial score (nSPS) is 22.7. The summed E-state index contributed by atoms with van der Waals surface area (Å²) in [5.74, 6) is 1.30. The fourth-order valence-electron chi connectivity index (χ4n) is 3.21. The Bertz CT molecular complexity index is 434. The molecule has 0 bridgehead atoms. The molecule has 137 valence electrons. The number of ether oxygens (including phenoxy) is 1. The van der Waals surface area contributed by atoms with Gasteiger partial charge in [-0.25, -0.2) is 4.79 Å². The molecule has 1 amide bonds. The van der Waals surface area contributed by atoms with E-state index in [9.17, 15) is 4.79 Å². The minimum atomic E-state index is -0.635. The van der Waals surface area contributed by atoms with Gasteiger partial charge < -0.3 is 15.1 Å². The number of hydrogen-bond donors (Lipinski definition) is 2. The van der Waals surface area contributed by atoms with Crippen LogP contribution < -0.4 is 5.73 Å². The summed E-state index contributed by atoms with van der Waals surface area (Å²) >= 11 is 4.51. The fraction of sp³-hybridized carbons (Fsp3) is 0.944. The average Bonchev–Trinajstić information content (AvgIpc) is 3.15. The Balaban J connectivity index is 0.000000174. The van der Waals surface area contributed by atoms with E-state index in [1.807, 2.05) is 7.48 Å². The van der Waals surface area contributed by atoms with Crippen LogP contribution in [0.5, 0.6) is 0 Å². The highest BCUT2D eigenvalue weighted by Crippen LogP contribution is 2.58. The molecule has 0 saturated heterocycles. The molecular weight excluding hydrogens is 321 g/mol. The number of carbonyl (C=O) groups is 1. The highest BCUT2D eigenvalue weighted by molar-refractivity contribution is 7.81. The van der Waals surface area contributed by atoms with Gasteiger partial charge in [-0.3, -0.25) is 0 Å². The molecule has 3 saturated carbocycles. The predicted octanol–water partition coefficient (Wildman–Crippen LogP) is 4.35. The molecule has 0 aromatic rings. The van der Waals surface area contributed by atoms with Gasteiger partial charge >= 0.3 is 6.09 Å². The van der Waals surface area contributed by atoms with Crippen molar-refractivity contribution in [3.05, 3.63) is 0 Å². The van der Waals surface area contributed by atoms with Crippen molar-refractivity contribution in [2.45, 2.75) is 88.8 Å². The number of carbonyl (C=O) groups excluding carboxylic acids is 1. The maximum absolute atomic E-state index is 10.3. The number of thiol groups is 1. The third-order valence-corrected chi connectivity index (χ3v) is 6.51. The summed E-state index contributed by atoms with van der Waals surface area (Å²) in [7, 11) is 1.98. The molecule has 0 aliphatic heterocycles. The zero-order valence-corrected chi connectivity index (χ0v) is 16.5. The lowest BCUT2D eigenvalue weighted by atomic mass is 9.52. The molecular formula is C18H33BNO3S. The summed E-state index contributed by atoms with van der Waals surface area (Å²) < 4.78 is 10.4. The Hall–Kier alpha value is -0.355. The van der Waals surface area contributed by atoms with Crippen LogP contribution in [0.25, 0.3) is 0 Å². The predicted molar refractivity (Wildman–Crippen MR) is 102 cm³/mol. The first-order chi connectivity index (χ1) is 11.0. The van der Waals surface area contributed by atoms with E-state index < -0.39 is 6.09 Å². The summed E-state index contributed by atoms with van der Waals surface area (Å²) in [4.78, 5) is 10.3. The quantitative estimate of drug-likeness (QED) is 0.550. The largest absolute Gasteiger partial charge is 0.449 e. The Kier molecular flexibility index (Phi) is 6.23. The summed E-state index contributed by atoms with van der Waals surface area (Å²) in [5, 5.41) is 0. The number of amides is 1. The molecule has 3 aliphatic carbocycles. The summed E-state index contributed by atoms with van der Waals surface area (Å²) in [6.07, 6.45) is 8.63. The van der Waals surface area contributed by atoms with Crippen molar-refractivity contribution in [2.75, 3.05) is 6.61 Å². The zero-order chi connectivity index (χ0) is 18.0.